The number of halogens is 1. The number of amides is 1. The molecule has 118 valence electrons. The number of hydrogen-bond acceptors (Lipinski definition) is 3. The first-order valence-corrected chi connectivity index (χ1v) is 7.80. The van der Waals surface area contributed by atoms with Gasteiger partial charge in [-0.3, -0.25) is 14.5 Å². The van der Waals surface area contributed by atoms with Crippen LogP contribution >= 0.6 is 15.9 Å². The molecule has 2 rings (SSSR count). The number of carbonyl (C=O) groups is 2. The second-order valence-corrected chi connectivity index (χ2v) is 6.16. The molecule has 0 saturated heterocycles. The zero-order valence-electron chi connectivity index (χ0n) is 13.1. The van der Waals surface area contributed by atoms with E-state index in [4.69, 9.17) is 0 Å². The van der Waals surface area contributed by atoms with E-state index < -0.39 is 0 Å². The second-order valence-electron chi connectivity index (χ2n) is 5.25. The molecule has 0 aliphatic rings. The van der Waals surface area contributed by atoms with Gasteiger partial charge >= 0.3 is 0 Å². The Morgan fingerprint density at radius 1 is 1.26 bits per heavy atom. The Hall–Kier alpha value is -2.39. The van der Waals surface area contributed by atoms with E-state index in [-0.39, 0.29) is 18.2 Å². The van der Waals surface area contributed by atoms with Crippen molar-refractivity contribution in [1.82, 2.24) is 4.98 Å². The van der Waals surface area contributed by atoms with Crippen LogP contribution in [0.3, 0.4) is 0 Å². The number of aromatic amines is 1. The van der Waals surface area contributed by atoms with Crippen molar-refractivity contribution in [2.75, 3.05) is 11.4 Å². The first-order chi connectivity index (χ1) is 10.8. The monoisotopic (exact) mass is 373 g/mol. The number of benzene rings is 1. The van der Waals surface area contributed by atoms with Crippen LogP contribution in [0.5, 0.6) is 0 Å². The van der Waals surface area contributed by atoms with Crippen molar-refractivity contribution in [3.05, 3.63) is 51.1 Å². The molecule has 0 unspecified atom stereocenters. The molecule has 0 spiro atoms. The van der Waals surface area contributed by atoms with Gasteiger partial charge in [0.2, 0.25) is 5.91 Å². The topological polar surface area (TPSA) is 77.0 Å². The van der Waals surface area contributed by atoms with Crippen LogP contribution in [0.4, 0.5) is 5.82 Å². The van der Waals surface area contributed by atoms with Crippen molar-refractivity contribution in [3.63, 3.8) is 0 Å². The first-order valence-electron chi connectivity index (χ1n) is 7.01. The molecule has 1 amide bonds. The Morgan fingerprint density at radius 2 is 1.87 bits per heavy atom. The Bertz CT molecular complexity index is 800. The minimum Gasteiger partial charge on any atom is -0.344 e. The number of H-pyrrole nitrogens is 1. The predicted molar refractivity (Wildman–Crippen MR) is 91.5 cm³/mol. The molecule has 0 radical (unpaired) electrons. The van der Waals surface area contributed by atoms with Gasteiger partial charge in [0, 0.05) is 22.7 Å². The minimum absolute atomic E-state index is 0.120. The molecular formula is C17H16BrN3O2. The number of carbonyl (C=O) groups excluding carboxylic acids is 2. The molecule has 23 heavy (non-hydrogen) atoms. The maximum absolute atomic E-state index is 12.4. The van der Waals surface area contributed by atoms with Crippen molar-refractivity contribution in [3.8, 4) is 6.07 Å². The first kappa shape index (κ1) is 17.0. The number of nitrogens with one attached hydrogen (secondary N) is 1. The maximum Gasteiger partial charge on any atom is 0.225 e. The second kappa shape index (κ2) is 6.80. The predicted octanol–water partition coefficient (Wildman–Crippen LogP) is 3.50. The molecule has 0 saturated carbocycles. The Kier molecular flexibility index (Phi) is 5.02. The van der Waals surface area contributed by atoms with Gasteiger partial charge in [-0.2, -0.15) is 5.26 Å². The quantitative estimate of drug-likeness (QED) is 0.833. The Labute approximate surface area is 143 Å². The van der Waals surface area contributed by atoms with Crippen LogP contribution in [0, 0.1) is 25.2 Å². The molecule has 5 nitrogen and oxygen atoms in total. The Balaban J connectivity index is 2.35. The van der Waals surface area contributed by atoms with E-state index in [1.54, 1.807) is 24.3 Å². The Morgan fingerprint density at radius 3 is 2.39 bits per heavy atom. The molecular weight excluding hydrogens is 358 g/mol. The van der Waals surface area contributed by atoms with Crippen LogP contribution in [0.1, 0.15) is 34.1 Å². The third-order valence-corrected chi connectivity index (χ3v) is 4.24. The number of nitrogens with zero attached hydrogens (tertiary/aromatic N) is 2. The van der Waals surface area contributed by atoms with Gasteiger partial charge in [0.1, 0.15) is 11.9 Å². The van der Waals surface area contributed by atoms with Gasteiger partial charge in [-0.05, 0) is 31.5 Å². The third kappa shape index (κ3) is 3.51. The fourth-order valence-electron chi connectivity index (χ4n) is 2.26. The van der Waals surface area contributed by atoms with Crippen molar-refractivity contribution in [2.45, 2.75) is 20.8 Å². The number of aryl methyl sites for hydroxylation is 1. The number of Topliss-reactive ketones (excluding diaryl/α,β-unsaturated/α-hetero) is 1. The summed E-state index contributed by atoms with van der Waals surface area (Å²) in [7, 11) is 0. The van der Waals surface area contributed by atoms with Crippen LogP contribution < -0.4 is 4.90 Å². The number of aromatic nitrogens is 1. The van der Waals surface area contributed by atoms with E-state index in [0.29, 0.717) is 16.9 Å². The van der Waals surface area contributed by atoms with Crippen molar-refractivity contribution >= 4 is 33.4 Å². The molecule has 0 bridgehead atoms. The third-order valence-electron chi connectivity index (χ3n) is 3.71. The van der Waals surface area contributed by atoms with Crippen molar-refractivity contribution < 1.29 is 9.59 Å². The summed E-state index contributed by atoms with van der Waals surface area (Å²) in [5, 5.41) is 9.33. The summed E-state index contributed by atoms with van der Waals surface area (Å²) < 4.78 is 0.875. The standard InChI is InChI=1S/C17H16BrN3O2/c1-10-11(2)20-17(15(10)8-19)21(12(3)22)9-16(23)13-4-6-14(18)7-5-13/h4-7,20H,9H2,1-3H3. The van der Waals surface area contributed by atoms with Crippen LogP contribution in [-0.2, 0) is 4.79 Å². The van der Waals surface area contributed by atoms with E-state index in [1.807, 2.05) is 13.8 Å². The van der Waals surface area contributed by atoms with E-state index in [0.717, 1.165) is 15.7 Å². The van der Waals surface area contributed by atoms with Gasteiger partial charge in [-0.15, -0.1) is 0 Å². The average molecular weight is 374 g/mol. The fourth-order valence-corrected chi connectivity index (χ4v) is 2.52. The van der Waals surface area contributed by atoms with Gasteiger partial charge in [-0.1, -0.05) is 28.1 Å². The zero-order valence-corrected chi connectivity index (χ0v) is 14.7. The number of rotatable bonds is 4. The van der Waals surface area contributed by atoms with Gasteiger partial charge < -0.3 is 4.98 Å². The van der Waals surface area contributed by atoms with Crippen LogP contribution in [0.25, 0.3) is 0 Å². The number of nitriles is 1. The summed E-state index contributed by atoms with van der Waals surface area (Å²) >= 11 is 3.32. The van der Waals surface area contributed by atoms with Gasteiger partial charge in [0.05, 0.1) is 12.1 Å². The number of hydrogen-bond donors (Lipinski definition) is 1. The largest absolute Gasteiger partial charge is 0.344 e. The molecule has 0 aliphatic heterocycles. The highest BCUT2D eigenvalue weighted by Gasteiger charge is 2.23. The molecule has 1 N–H and O–H groups in total. The molecule has 0 atom stereocenters. The van der Waals surface area contributed by atoms with E-state index in [2.05, 4.69) is 27.0 Å². The summed E-state index contributed by atoms with van der Waals surface area (Å²) in [5.41, 5.74) is 2.49. The molecule has 6 heteroatoms. The van der Waals surface area contributed by atoms with Gasteiger partial charge in [0.15, 0.2) is 5.78 Å². The lowest BCUT2D eigenvalue weighted by Gasteiger charge is -2.19. The summed E-state index contributed by atoms with van der Waals surface area (Å²) in [6, 6.07) is 9.03. The highest BCUT2D eigenvalue weighted by Crippen LogP contribution is 2.25. The SMILES string of the molecule is CC(=O)N(CC(=O)c1ccc(Br)cc1)c1[nH]c(C)c(C)c1C#N. The van der Waals surface area contributed by atoms with E-state index in [9.17, 15) is 14.9 Å². The van der Waals surface area contributed by atoms with Gasteiger partial charge in [0.25, 0.3) is 0 Å². The summed E-state index contributed by atoms with van der Waals surface area (Å²) in [4.78, 5) is 28.8. The highest BCUT2D eigenvalue weighted by molar-refractivity contribution is 9.10. The zero-order chi connectivity index (χ0) is 17.1. The number of ketones is 1. The summed E-state index contributed by atoms with van der Waals surface area (Å²) in [6.45, 7) is 4.89. The van der Waals surface area contributed by atoms with E-state index in [1.165, 1.54) is 11.8 Å². The van der Waals surface area contributed by atoms with Crippen LogP contribution in [-0.4, -0.2) is 23.2 Å². The molecule has 1 heterocycles. The lowest BCUT2D eigenvalue weighted by atomic mass is 10.1. The molecule has 1 aromatic carbocycles. The highest BCUT2D eigenvalue weighted by atomic mass is 79.9. The van der Waals surface area contributed by atoms with Crippen LogP contribution in [0.15, 0.2) is 28.7 Å². The van der Waals surface area contributed by atoms with Crippen molar-refractivity contribution in [2.24, 2.45) is 0 Å². The maximum atomic E-state index is 12.4. The summed E-state index contributed by atoms with van der Waals surface area (Å²) in [5.74, 6) is -0.116. The number of anilines is 1. The van der Waals surface area contributed by atoms with Gasteiger partial charge in [-0.25, -0.2) is 0 Å². The fraction of sp³-hybridized carbons (Fsp3) is 0.235. The van der Waals surface area contributed by atoms with Crippen LogP contribution in [0.2, 0.25) is 0 Å². The normalized spacial score (nSPS) is 10.2. The molecule has 0 aliphatic carbocycles. The average Bonchev–Trinajstić information content (AvgIpc) is 2.79. The van der Waals surface area contributed by atoms with E-state index >= 15 is 0 Å². The minimum atomic E-state index is -0.298. The summed E-state index contributed by atoms with van der Waals surface area (Å²) in [6.07, 6.45) is 0. The van der Waals surface area contributed by atoms with Crippen molar-refractivity contribution in [1.29, 1.82) is 5.26 Å². The molecule has 1 aromatic heterocycles. The molecule has 2 aromatic rings. The molecule has 0 fully saturated rings. The lowest BCUT2D eigenvalue weighted by molar-refractivity contribution is -0.116. The lowest BCUT2D eigenvalue weighted by Crippen LogP contribution is -2.34. The smallest absolute Gasteiger partial charge is 0.225 e.